The monoisotopic (exact) mass is 408 g/mol. The van der Waals surface area contributed by atoms with Crippen LogP contribution in [-0.4, -0.2) is 37.5 Å². The minimum Gasteiger partial charge on any atom is -0.465 e. The fourth-order valence-corrected chi connectivity index (χ4v) is 3.53. The van der Waals surface area contributed by atoms with Gasteiger partial charge in [-0.2, -0.15) is 0 Å². The molecule has 2 aromatic carbocycles. The molecule has 1 aliphatic heterocycles. The van der Waals surface area contributed by atoms with E-state index < -0.39 is 5.97 Å². The smallest absolute Gasteiger partial charge is 0.326 e. The van der Waals surface area contributed by atoms with Crippen LogP contribution in [0.2, 0.25) is 0 Å². The van der Waals surface area contributed by atoms with Gasteiger partial charge in [-0.3, -0.25) is 19.3 Å². The van der Waals surface area contributed by atoms with Crippen LogP contribution in [-0.2, 0) is 25.5 Å². The van der Waals surface area contributed by atoms with Crippen molar-refractivity contribution in [3.8, 4) is 0 Å². The molecular formula is C24H28N2O4. The Labute approximate surface area is 177 Å². The summed E-state index contributed by atoms with van der Waals surface area (Å²) in [7, 11) is 0. The zero-order valence-electron chi connectivity index (χ0n) is 18.0. The van der Waals surface area contributed by atoms with Crippen LogP contribution in [0.5, 0.6) is 0 Å². The molecule has 0 atom stereocenters. The van der Waals surface area contributed by atoms with Crippen molar-refractivity contribution in [2.24, 2.45) is 0 Å². The average molecular weight is 408 g/mol. The first-order chi connectivity index (χ1) is 14.3. The number of amides is 2. The molecule has 3 rings (SSSR count). The Hall–Kier alpha value is -3.15. The lowest BCUT2D eigenvalue weighted by atomic mass is 10.0. The molecule has 30 heavy (non-hydrogen) atoms. The fourth-order valence-electron chi connectivity index (χ4n) is 3.53. The summed E-state index contributed by atoms with van der Waals surface area (Å²) in [5.74, 6) is -0.860. The molecule has 0 spiro atoms. The molecule has 0 N–H and O–H groups in total. The molecule has 6 heteroatoms. The second-order valence-electron chi connectivity index (χ2n) is 7.68. The molecule has 6 nitrogen and oxygen atoms in total. The van der Waals surface area contributed by atoms with E-state index in [9.17, 15) is 14.4 Å². The van der Waals surface area contributed by atoms with Gasteiger partial charge in [-0.15, -0.1) is 0 Å². The molecule has 0 unspecified atom stereocenters. The minimum atomic E-state index is -0.464. The Morgan fingerprint density at radius 1 is 1.00 bits per heavy atom. The van der Waals surface area contributed by atoms with E-state index in [1.807, 2.05) is 57.2 Å². The van der Waals surface area contributed by atoms with E-state index in [1.54, 1.807) is 11.8 Å². The van der Waals surface area contributed by atoms with Crippen molar-refractivity contribution >= 4 is 29.2 Å². The van der Waals surface area contributed by atoms with Gasteiger partial charge in [0.15, 0.2) is 0 Å². The molecule has 0 saturated carbocycles. The molecule has 1 aliphatic rings. The molecule has 0 saturated heterocycles. The molecule has 0 fully saturated rings. The average Bonchev–Trinajstić information content (AvgIpc) is 2.71. The van der Waals surface area contributed by atoms with E-state index in [4.69, 9.17) is 4.74 Å². The predicted molar refractivity (Wildman–Crippen MR) is 117 cm³/mol. The van der Waals surface area contributed by atoms with Crippen molar-refractivity contribution in [2.45, 2.75) is 40.5 Å². The van der Waals surface area contributed by atoms with Gasteiger partial charge in [-0.1, -0.05) is 29.8 Å². The molecule has 2 aromatic rings. The number of carbonyl (C=O) groups excluding carboxylic acids is 3. The van der Waals surface area contributed by atoms with Crippen LogP contribution in [0.25, 0.3) is 0 Å². The van der Waals surface area contributed by atoms with Crippen molar-refractivity contribution in [3.63, 3.8) is 0 Å². The van der Waals surface area contributed by atoms with Gasteiger partial charge >= 0.3 is 5.97 Å². The number of nitrogens with zero attached hydrogens (tertiary/aromatic N) is 2. The molecule has 0 radical (unpaired) electrons. The first-order valence-electron chi connectivity index (χ1n) is 10.2. The number of hydrogen-bond acceptors (Lipinski definition) is 4. The SMILES string of the molecule is CCOC(=O)CN1C(=O)CN(C(=O)CCc2ccc(C)cc2)c2cc(C)c(C)cc21. The summed E-state index contributed by atoms with van der Waals surface area (Å²) < 4.78 is 5.02. The van der Waals surface area contributed by atoms with Crippen molar-refractivity contribution in [1.82, 2.24) is 0 Å². The third kappa shape index (κ3) is 4.70. The van der Waals surface area contributed by atoms with Crippen LogP contribution in [0.1, 0.15) is 35.6 Å². The van der Waals surface area contributed by atoms with Gasteiger partial charge in [0.2, 0.25) is 11.8 Å². The highest BCUT2D eigenvalue weighted by atomic mass is 16.5. The number of rotatable bonds is 6. The Morgan fingerprint density at radius 3 is 2.27 bits per heavy atom. The van der Waals surface area contributed by atoms with Crippen LogP contribution in [0.4, 0.5) is 11.4 Å². The van der Waals surface area contributed by atoms with Gasteiger partial charge < -0.3 is 9.64 Å². The maximum atomic E-state index is 13.0. The highest BCUT2D eigenvalue weighted by molar-refractivity contribution is 6.12. The maximum absolute atomic E-state index is 13.0. The largest absolute Gasteiger partial charge is 0.465 e. The summed E-state index contributed by atoms with van der Waals surface area (Å²) in [6.45, 7) is 7.68. The van der Waals surface area contributed by atoms with Crippen LogP contribution in [0, 0.1) is 20.8 Å². The van der Waals surface area contributed by atoms with E-state index in [0.717, 1.165) is 16.7 Å². The first-order valence-corrected chi connectivity index (χ1v) is 10.2. The van der Waals surface area contributed by atoms with Gasteiger partial charge in [0.1, 0.15) is 13.1 Å². The number of esters is 1. The van der Waals surface area contributed by atoms with E-state index in [-0.39, 0.29) is 31.5 Å². The summed E-state index contributed by atoms with van der Waals surface area (Å²) in [4.78, 5) is 40.9. The summed E-state index contributed by atoms with van der Waals surface area (Å²) in [6, 6.07) is 11.9. The highest BCUT2D eigenvalue weighted by Crippen LogP contribution is 2.36. The third-order valence-corrected chi connectivity index (χ3v) is 5.41. The summed E-state index contributed by atoms with van der Waals surface area (Å²) >= 11 is 0. The summed E-state index contributed by atoms with van der Waals surface area (Å²) in [6.07, 6.45) is 0.914. The predicted octanol–water partition coefficient (Wildman–Crippen LogP) is 3.49. The van der Waals surface area contributed by atoms with Crippen LogP contribution in [0.3, 0.4) is 0 Å². The second-order valence-corrected chi connectivity index (χ2v) is 7.68. The lowest BCUT2D eigenvalue weighted by Crippen LogP contribution is -2.50. The minimum absolute atomic E-state index is 0.0817. The summed E-state index contributed by atoms with van der Waals surface area (Å²) in [5, 5.41) is 0. The number of hydrogen-bond donors (Lipinski definition) is 0. The van der Waals surface area contributed by atoms with Gasteiger partial charge in [0, 0.05) is 6.42 Å². The van der Waals surface area contributed by atoms with Crippen LogP contribution in [0.15, 0.2) is 36.4 Å². The normalized spacial score (nSPS) is 13.3. The number of carbonyl (C=O) groups is 3. The third-order valence-electron chi connectivity index (χ3n) is 5.41. The number of benzene rings is 2. The van der Waals surface area contributed by atoms with Crippen molar-refractivity contribution in [2.75, 3.05) is 29.5 Å². The lowest BCUT2D eigenvalue weighted by molar-refractivity contribution is -0.142. The molecule has 0 aliphatic carbocycles. The second kappa shape index (κ2) is 9.11. The number of anilines is 2. The van der Waals surface area contributed by atoms with Crippen molar-refractivity contribution in [1.29, 1.82) is 0 Å². The number of ether oxygens (including phenoxy) is 1. The van der Waals surface area contributed by atoms with E-state index in [2.05, 4.69) is 0 Å². The number of aryl methyl sites for hydroxylation is 4. The van der Waals surface area contributed by atoms with E-state index in [1.165, 1.54) is 10.5 Å². The molecule has 0 bridgehead atoms. The van der Waals surface area contributed by atoms with Crippen molar-refractivity contribution < 1.29 is 19.1 Å². The summed E-state index contributed by atoms with van der Waals surface area (Å²) in [5.41, 5.74) is 5.51. The Morgan fingerprint density at radius 2 is 1.63 bits per heavy atom. The molecular weight excluding hydrogens is 380 g/mol. The molecule has 1 heterocycles. The lowest BCUT2D eigenvalue weighted by Gasteiger charge is -2.36. The fraction of sp³-hybridized carbons (Fsp3) is 0.375. The van der Waals surface area contributed by atoms with Gasteiger partial charge in [-0.25, -0.2) is 0 Å². The van der Waals surface area contributed by atoms with E-state index in [0.29, 0.717) is 24.2 Å². The zero-order valence-corrected chi connectivity index (χ0v) is 18.0. The van der Waals surface area contributed by atoms with Crippen molar-refractivity contribution in [3.05, 3.63) is 58.7 Å². The van der Waals surface area contributed by atoms with Gasteiger partial charge in [0.05, 0.1) is 18.0 Å². The van der Waals surface area contributed by atoms with Gasteiger partial charge in [0.25, 0.3) is 0 Å². The first kappa shape index (κ1) is 21.6. The van der Waals surface area contributed by atoms with Crippen LogP contribution >= 0.6 is 0 Å². The Bertz CT molecular complexity index is 966. The topological polar surface area (TPSA) is 66.9 Å². The standard InChI is InChI=1S/C24H28N2O4/c1-5-30-24(29)15-26-21-13-18(4)17(3)12-20(21)25(14-23(26)28)22(27)11-10-19-8-6-16(2)7-9-19/h6-9,12-13H,5,10-11,14-15H2,1-4H3. The van der Waals surface area contributed by atoms with E-state index >= 15 is 0 Å². The molecule has 0 aromatic heterocycles. The van der Waals surface area contributed by atoms with Gasteiger partial charge in [-0.05, 0) is 62.9 Å². The highest BCUT2D eigenvalue weighted by Gasteiger charge is 2.34. The Balaban J connectivity index is 1.85. The molecule has 2 amide bonds. The number of fused-ring (bicyclic) bond motifs is 1. The zero-order chi connectivity index (χ0) is 21.8. The Kier molecular flexibility index (Phi) is 6.55. The quantitative estimate of drug-likeness (QED) is 0.687. The molecule has 158 valence electrons. The van der Waals surface area contributed by atoms with Crippen LogP contribution < -0.4 is 9.80 Å². The maximum Gasteiger partial charge on any atom is 0.326 e.